The van der Waals surface area contributed by atoms with Crippen LogP contribution in [0.5, 0.6) is 0 Å². The molecule has 0 radical (unpaired) electrons. The van der Waals surface area contributed by atoms with E-state index in [0.29, 0.717) is 18.5 Å². The molecule has 1 heterocycles. The fourth-order valence-corrected chi connectivity index (χ4v) is 2.90. The normalized spacial score (nSPS) is 12.8. The summed E-state index contributed by atoms with van der Waals surface area (Å²) in [6.07, 6.45) is 1.32. The molecule has 25 heavy (non-hydrogen) atoms. The van der Waals surface area contributed by atoms with Crippen molar-refractivity contribution in [3.63, 3.8) is 0 Å². The third kappa shape index (κ3) is 4.45. The van der Waals surface area contributed by atoms with Gasteiger partial charge in [-0.3, -0.25) is 9.59 Å². The molecule has 0 aromatic heterocycles. The van der Waals surface area contributed by atoms with Gasteiger partial charge in [0, 0.05) is 24.3 Å². The van der Waals surface area contributed by atoms with E-state index < -0.39 is 0 Å². The fourth-order valence-electron chi connectivity index (χ4n) is 2.90. The molecule has 0 atom stereocenters. The Labute approximate surface area is 148 Å². The van der Waals surface area contributed by atoms with Crippen LogP contribution >= 0.6 is 0 Å². The standard InChI is InChI=1S/C20H23N3O2/c1-23(2)9-8-14-4-3-5-16(10-14)20(25)21-13-15-6-7-18-17(11-15)12-19(24)22-18/h3-7,10-11H,8-9,12-13H2,1-2H3,(H,21,25)(H,22,24). The molecule has 0 aliphatic carbocycles. The minimum atomic E-state index is -0.0820. The molecule has 2 aromatic rings. The van der Waals surface area contributed by atoms with E-state index in [1.165, 1.54) is 0 Å². The Morgan fingerprint density at radius 3 is 2.80 bits per heavy atom. The third-order valence-corrected chi connectivity index (χ3v) is 4.28. The second kappa shape index (κ2) is 7.49. The van der Waals surface area contributed by atoms with E-state index in [-0.39, 0.29) is 11.8 Å². The van der Waals surface area contributed by atoms with Gasteiger partial charge in [-0.25, -0.2) is 0 Å². The lowest BCUT2D eigenvalue weighted by Crippen LogP contribution is -2.23. The number of hydrogen-bond acceptors (Lipinski definition) is 3. The zero-order valence-electron chi connectivity index (χ0n) is 14.6. The number of anilines is 1. The summed E-state index contributed by atoms with van der Waals surface area (Å²) in [5, 5.41) is 5.77. The molecular formula is C20H23N3O2. The van der Waals surface area contributed by atoms with Crippen LogP contribution in [0.1, 0.15) is 27.0 Å². The van der Waals surface area contributed by atoms with Crippen molar-refractivity contribution in [1.29, 1.82) is 0 Å². The van der Waals surface area contributed by atoms with Gasteiger partial charge in [-0.2, -0.15) is 0 Å². The second-order valence-electron chi connectivity index (χ2n) is 6.65. The van der Waals surface area contributed by atoms with Crippen molar-refractivity contribution >= 4 is 17.5 Å². The van der Waals surface area contributed by atoms with Crippen molar-refractivity contribution in [3.8, 4) is 0 Å². The lowest BCUT2D eigenvalue weighted by Gasteiger charge is -2.11. The number of nitrogens with one attached hydrogen (secondary N) is 2. The van der Waals surface area contributed by atoms with Crippen LogP contribution in [0.25, 0.3) is 0 Å². The maximum Gasteiger partial charge on any atom is 0.251 e. The maximum atomic E-state index is 12.4. The number of benzene rings is 2. The molecule has 130 valence electrons. The van der Waals surface area contributed by atoms with Gasteiger partial charge in [-0.05, 0) is 55.4 Å². The number of hydrogen-bond donors (Lipinski definition) is 2. The number of carbonyl (C=O) groups is 2. The van der Waals surface area contributed by atoms with E-state index in [2.05, 4.69) is 15.5 Å². The summed E-state index contributed by atoms with van der Waals surface area (Å²) in [5.41, 5.74) is 4.68. The van der Waals surface area contributed by atoms with Gasteiger partial charge in [-0.15, -0.1) is 0 Å². The molecular weight excluding hydrogens is 314 g/mol. The first kappa shape index (κ1) is 17.2. The largest absolute Gasteiger partial charge is 0.348 e. The van der Waals surface area contributed by atoms with Crippen molar-refractivity contribution in [2.75, 3.05) is 26.0 Å². The van der Waals surface area contributed by atoms with Crippen LogP contribution in [0.2, 0.25) is 0 Å². The van der Waals surface area contributed by atoms with Gasteiger partial charge < -0.3 is 15.5 Å². The highest BCUT2D eigenvalue weighted by molar-refractivity contribution is 5.99. The van der Waals surface area contributed by atoms with Crippen LogP contribution in [-0.4, -0.2) is 37.4 Å². The van der Waals surface area contributed by atoms with E-state index in [1.807, 2.05) is 56.6 Å². The topological polar surface area (TPSA) is 61.4 Å². The number of nitrogens with zero attached hydrogens (tertiary/aromatic N) is 1. The zero-order chi connectivity index (χ0) is 17.8. The van der Waals surface area contributed by atoms with Crippen LogP contribution in [-0.2, 0) is 24.2 Å². The highest BCUT2D eigenvalue weighted by Crippen LogP contribution is 2.23. The molecule has 2 amide bonds. The SMILES string of the molecule is CN(C)CCc1cccc(C(=O)NCc2ccc3c(c2)CC(=O)N3)c1. The summed E-state index contributed by atoms with van der Waals surface area (Å²) < 4.78 is 0. The minimum absolute atomic E-state index is 0.0192. The first-order chi connectivity index (χ1) is 12.0. The summed E-state index contributed by atoms with van der Waals surface area (Å²) in [7, 11) is 4.08. The third-order valence-electron chi connectivity index (χ3n) is 4.28. The van der Waals surface area contributed by atoms with Gasteiger partial charge in [0.2, 0.25) is 5.91 Å². The first-order valence-corrected chi connectivity index (χ1v) is 8.45. The summed E-state index contributed by atoms with van der Waals surface area (Å²) in [6.45, 7) is 1.40. The number of likely N-dealkylation sites (N-methyl/N-ethyl adjacent to an activating group) is 1. The van der Waals surface area contributed by atoms with Gasteiger partial charge in [0.15, 0.2) is 0 Å². The molecule has 0 spiro atoms. The van der Waals surface area contributed by atoms with Crippen LogP contribution in [0, 0.1) is 0 Å². The molecule has 2 aromatic carbocycles. The van der Waals surface area contributed by atoms with E-state index >= 15 is 0 Å². The fraction of sp³-hybridized carbons (Fsp3) is 0.300. The lowest BCUT2D eigenvalue weighted by molar-refractivity contribution is -0.115. The molecule has 0 saturated carbocycles. The first-order valence-electron chi connectivity index (χ1n) is 8.45. The Morgan fingerprint density at radius 1 is 1.16 bits per heavy atom. The van der Waals surface area contributed by atoms with E-state index in [1.54, 1.807) is 0 Å². The van der Waals surface area contributed by atoms with Crippen LogP contribution in [0.15, 0.2) is 42.5 Å². The number of amides is 2. The van der Waals surface area contributed by atoms with Gasteiger partial charge >= 0.3 is 0 Å². The molecule has 5 heteroatoms. The Hall–Kier alpha value is -2.66. The quantitative estimate of drug-likeness (QED) is 0.850. The highest BCUT2D eigenvalue weighted by atomic mass is 16.2. The Kier molecular flexibility index (Phi) is 5.14. The van der Waals surface area contributed by atoms with Crippen LogP contribution in [0.4, 0.5) is 5.69 Å². The van der Waals surface area contributed by atoms with Gasteiger partial charge in [0.1, 0.15) is 0 Å². The monoisotopic (exact) mass is 337 g/mol. The van der Waals surface area contributed by atoms with Crippen molar-refractivity contribution in [2.24, 2.45) is 0 Å². The van der Waals surface area contributed by atoms with Crippen molar-refractivity contribution in [1.82, 2.24) is 10.2 Å². The van der Waals surface area contributed by atoms with Crippen molar-refractivity contribution in [3.05, 3.63) is 64.7 Å². The molecule has 1 aliphatic rings. The molecule has 2 N–H and O–H groups in total. The average molecular weight is 337 g/mol. The van der Waals surface area contributed by atoms with E-state index in [0.717, 1.165) is 35.3 Å². The van der Waals surface area contributed by atoms with E-state index in [9.17, 15) is 9.59 Å². The summed E-state index contributed by atoms with van der Waals surface area (Å²) in [5.74, 6) is -0.0628. The molecule has 3 rings (SSSR count). The summed E-state index contributed by atoms with van der Waals surface area (Å²) in [4.78, 5) is 25.9. The lowest BCUT2D eigenvalue weighted by atomic mass is 10.1. The Bertz CT molecular complexity index is 799. The second-order valence-corrected chi connectivity index (χ2v) is 6.65. The molecule has 0 saturated heterocycles. The smallest absolute Gasteiger partial charge is 0.251 e. The number of carbonyl (C=O) groups excluding carboxylic acids is 2. The molecule has 0 fully saturated rings. The molecule has 1 aliphatic heterocycles. The predicted molar refractivity (Wildman–Crippen MR) is 98.6 cm³/mol. The number of rotatable bonds is 6. The average Bonchev–Trinajstić information content (AvgIpc) is 2.97. The van der Waals surface area contributed by atoms with Gasteiger partial charge in [0.25, 0.3) is 5.91 Å². The van der Waals surface area contributed by atoms with Crippen LogP contribution in [0.3, 0.4) is 0 Å². The maximum absolute atomic E-state index is 12.4. The van der Waals surface area contributed by atoms with E-state index in [4.69, 9.17) is 0 Å². The Balaban J connectivity index is 1.60. The number of fused-ring (bicyclic) bond motifs is 1. The van der Waals surface area contributed by atoms with Crippen LogP contribution < -0.4 is 10.6 Å². The summed E-state index contributed by atoms with van der Waals surface area (Å²) in [6, 6.07) is 13.5. The minimum Gasteiger partial charge on any atom is -0.348 e. The molecule has 0 bridgehead atoms. The Morgan fingerprint density at radius 2 is 2.00 bits per heavy atom. The molecule has 5 nitrogen and oxygen atoms in total. The zero-order valence-corrected chi connectivity index (χ0v) is 14.6. The van der Waals surface area contributed by atoms with Gasteiger partial charge in [-0.1, -0.05) is 24.3 Å². The molecule has 0 unspecified atom stereocenters. The van der Waals surface area contributed by atoms with Gasteiger partial charge in [0.05, 0.1) is 6.42 Å². The summed E-state index contributed by atoms with van der Waals surface area (Å²) >= 11 is 0. The highest BCUT2D eigenvalue weighted by Gasteiger charge is 2.17. The van der Waals surface area contributed by atoms with Crippen molar-refractivity contribution < 1.29 is 9.59 Å². The van der Waals surface area contributed by atoms with Crippen molar-refractivity contribution in [2.45, 2.75) is 19.4 Å². The predicted octanol–water partition coefficient (Wildman–Crippen LogP) is 2.22.